The smallest absolute Gasteiger partial charge is 1.00 e. The Morgan fingerprint density at radius 3 is 1.13 bits per heavy atom. The van der Waals surface area contributed by atoms with E-state index in [1.54, 1.807) is 11.1 Å². The molecule has 0 radical (unpaired) electrons. The van der Waals surface area contributed by atoms with Gasteiger partial charge >= 0.3 is 26.2 Å². The summed E-state index contributed by atoms with van der Waals surface area (Å²) in [5.74, 6) is 1.57. The zero-order valence-electron chi connectivity index (χ0n) is 33.6. The summed E-state index contributed by atoms with van der Waals surface area (Å²) >= 11 is 0. The molecule has 0 spiro atoms. The second-order valence-electron chi connectivity index (χ2n) is 17.2. The predicted octanol–water partition coefficient (Wildman–Crippen LogP) is 9.41. The minimum atomic E-state index is 0. The van der Waals surface area contributed by atoms with E-state index in [0.29, 0.717) is 0 Å². The molecule has 2 fully saturated rings. The molecule has 0 unspecified atom stereocenters. The Morgan fingerprint density at radius 1 is 0.519 bits per heavy atom. The van der Waals surface area contributed by atoms with Gasteiger partial charge < -0.3 is 45.1 Å². The second kappa shape index (κ2) is 20.1. The molecule has 0 saturated heterocycles. The van der Waals surface area contributed by atoms with Crippen LogP contribution in [-0.4, -0.2) is 0 Å². The third kappa shape index (κ3) is 10.9. The van der Waals surface area contributed by atoms with Gasteiger partial charge in [-0.3, -0.25) is 0 Å². The van der Waals surface area contributed by atoms with Gasteiger partial charge in [-0.05, 0) is 70.6 Å². The average Bonchev–Trinajstić information content (AvgIpc) is 3.94. The normalized spacial score (nSPS) is 14.7. The van der Waals surface area contributed by atoms with Crippen molar-refractivity contribution in [2.24, 2.45) is 0 Å². The van der Waals surface area contributed by atoms with Crippen LogP contribution < -0.4 is 24.8 Å². The van der Waals surface area contributed by atoms with Gasteiger partial charge in [0.2, 0.25) is 0 Å². The van der Waals surface area contributed by atoms with Gasteiger partial charge in [0.15, 0.2) is 0 Å². The molecule has 0 nitrogen and oxygen atoms in total. The van der Waals surface area contributed by atoms with E-state index < -0.39 is 0 Å². The third-order valence-electron chi connectivity index (χ3n) is 11.3. The van der Waals surface area contributed by atoms with Gasteiger partial charge in [0, 0.05) is 0 Å². The predicted molar refractivity (Wildman–Crippen MR) is 225 cm³/mol. The molecule has 0 aliphatic heterocycles. The maximum atomic E-state index is 3.38. The molecule has 2 aliphatic carbocycles. The van der Waals surface area contributed by atoms with Crippen molar-refractivity contribution in [1.29, 1.82) is 0 Å². The monoisotopic (exact) mass is 832 g/mol. The van der Waals surface area contributed by atoms with Crippen LogP contribution in [0.5, 0.6) is 0 Å². The Kier molecular flexibility index (Phi) is 17.1. The zero-order valence-corrected chi connectivity index (χ0v) is 37.6. The molecule has 0 aromatic heterocycles. The fourth-order valence-electron chi connectivity index (χ4n) is 8.31. The number of fused-ring (bicyclic) bond motifs is 2. The number of halogens is 2. The van der Waals surface area contributed by atoms with E-state index in [0.717, 1.165) is 18.3 Å². The Balaban J connectivity index is 0.000000257. The summed E-state index contributed by atoms with van der Waals surface area (Å²) in [6.45, 7) is 20.4. The van der Waals surface area contributed by atoms with E-state index in [2.05, 4.69) is 165 Å². The molecule has 286 valence electrons. The standard InChI is InChI=1S/2C24H27.C3H6.2ClH.Zr/c2*1-24(2,3)21-13-11-18(12-14-21)22-10-6-9-19-15-20(16-23(19)22)17-7-4-5-8-17;1-3-2;;;/h2*6,9-17H,4-5,7-8H2,1-3H3;1-3H2;2*1H;/q2*-1;-2;;;+2/p-2. The Hall–Kier alpha value is -2.44. The summed E-state index contributed by atoms with van der Waals surface area (Å²) in [5, 5.41) is 5.63. The van der Waals surface area contributed by atoms with E-state index in [-0.39, 0.29) is 61.8 Å². The third-order valence-corrected chi connectivity index (χ3v) is 11.3. The van der Waals surface area contributed by atoms with Gasteiger partial charge in [-0.15, -0.1) is 69.1 Å². The van der Waals surface area contributed by atoms with E-state index in [9.17, 15) is 0 Å². The van der Waals surface area contributed by atoms with E-state index >= 15 is 0 Å². The van der Waals surface area contributed by atoms with Crippen LogP contribution in [-0.2, 0) is 37.0 Å². The van der Waals surface area contributed by atoms with Crippen LogP contribution in [0, 0.1) is 13.8 Å². The van der Waals surface area contributed by atoms with Crippen LogP contribution in [0.4, 0.5) is 0 Å². The first-order valence-corrected chi connectivity index (χ1v) is 19.7. The molecule has 6 aromatic carbocycles. The number of hydrogen-bond donors (Lipinski definition) is 0. The number of hydrogen-bond acceptors (Lipinski definition) is 0. The number of rotatable bonds is 4. The van der Waals surface area contributed by atoms with Crippen LogP contribution in [0.1, 0.15) is 133 Å². The van der Waals surface area contributed by atoms with Crippen molar-refractivity contribution in [1.82, 2.24) is 0 Å². The molecule has 0 bridgehead atoms. The van der Waals surface area contributed by atoms with Crippen molar-refractivity contribution < 1.29 is 51.0 Å². The van der Waals surface area contributed by atoms with Gasteiger partial charge in [0.05, 0.1) is 0 Å². The Morgan fingerprint density at radius 2 is 0.833 bits per heavy atom. The van der Waals surface area contributed by atoms with Gasteiger partial charge in [0.1, 0.15) is 0 Å². The molecule has 2 aliphatic rings. The van der Waals surface area contributed by atoms with E-state index in [1.165, 1.54) is 106 Å². The molecule has 0 amide bonds. The summed E-state index contributed by atoms with van der Waals surface area (Å²) < 4.78 is 0. The first kappa shape index (κ1) is 45.9. The fourth-order valence-corrected chi connectivity index (χ4v) is 8.31. The minimum Gasteiger partial charge on any atom is -1.00 e. The maximum absolute atomic E-state index is 3.38. The summed E-state index contributed by atoms with van der Waals surface area (Å²) in [4.78, 5) is 0. The molecule has 54 heavy (non-hydrogen) atoms. The molecule has 0 N–H and O–H groups in total. The SMILES string of the molecule is CC(C)(C)c1ccc(-c2cccc3[cH-]c(C4CCCC4)cc23)cc1.CC(C)(C)c1ccc(-c2cccc3[cH-]c(C4CCCC4)cc23)cc1.[CH2-]C[CH2-].[Cl-].[Cl-].[Zr+2]. The molecule has 3 heteroatoms. The Labute approximate surface area is 359 Å². The molecule has 6 aromatic rings. The van der Waals surface area contributed by atoms with Crippen LogP contribution in [0.25, 0.3) is 43.8 Å². The quantitative estimate of drug-likeness (QED) is 0.156. The minimum absolute atomic E-state index is 0. The fraction of sp³-hybridized carbons (Fsp3) is 0.373. The van der Waals surface area contributed by atoms with Crippen LogP contribution >= 0.6 is 0 Å². The summed E-state index contributed by atoms with van der Waals surface area (Å²) in [5.41, 5.74) is 11.7. The van der Waals surface area contributed by atoms with Crippen LogP contribution in [0.15, 0.2) is 109 Å². The van der Waals surface area contributed by atoms with Gasteiger partial charge in [-0.25, -0.2) is 0 Å². The van der Waals surface area contributed by atoms with E-state index in [1.807, 2.05) is 0 Å². The zero-order chi connectivity index (χ0) is 36.2. The van der Waals surface area contributed by atoms with Gasteiger partial charge in [-0.1, -0.05) is 139 Å². The second-order valence-corrected chi connectivity index (χ2v) is 17.2. The maximum Gasteiger partial charge on any atom is 2.00 e. The van der Waals surface area contributed by atoms with Crippen molar-refractivity contribution in [3.05, 3.63) is 145 Å². The summed E-state index contributed by atoms with van der Waals surface area (Å²) in [6, 6.07) is 41.6. The van der Waals surface area contributed by atoms with Crippen LogP contribution in [0.2, 0.25) is 0 Å². The molecule has 0 atom stereocenters. The first-order valence-electron chi connectivity index (χ1n) is 19.7. The molecule has 8 rings (SSSR count). The Bertz CT molecular complexity index is 1850. The largest absolute Gasteiger partial charge is 2.00 e. The number of benzene rings is 4. The average molecular weight is 835 g/mol. The molecule has 2 saturated carbocycles. The van der Waals surface area contributed by atoms with Crippen molar-refractivity contribution >= 4 is 21.5 Å². The summed E-state index contributed by atoms with van der Waals surface area (Å²) in [6.07, 6.45) is 11.8. The van der Waals surface area contributed by atoms with Gasteiger partial charge in [-0.2, -0.15) is 12.1 Å². The van der Waals surface area contributed by atoms with E-state index in [4.69, 9.17) is 0 Å². The van der Waals surface area contributed by atoms with Crippen molar-refractivity contribution in [2.75, 3.05) is 0 Å². The van der Waals surface area contributed by atoms with Crippen molar-refractivity contribution in [3.8, 4) is 22.3 Å². The van der Waals surface area contributed by atoms with Crippen molar-refractivity contribution in [3.63, 3.8) is 0 Å². The molecular weight excluding hydrogens is 775 g/mol. The molecule has 0 heterocycles. The molecular formula is C51H60Cl2Zr-4. The summed E-state index contributed by atoms with van der Waals surface area (Å²) in [7, 11) is 0. The first-order chi connectivity index (χ1) is 24.5. The van der Waals surface area contributed by atoms with Crippen molar-refractivity contribution in [2.45, 2.75) is 122 Å². The topological polar surface area (TPSA) is 0 Å². The van der Waals surface area contributed by atoms with Gasteiger partial charge in [0.25, 0.3) is 0 Å². The van der Waals surface area contributed by atoms with Crippen LogP contribution in [0.3, 0.4) is 0 Å².